The molecule has 2 heterocycles. The first-order chi connectivity index (χ1) is 10.4. The zero-order valence-electron chi connectivity index (χ0n) is 11.8. The van der Waals surface area contributed by atoms with E-state index in [0.717, 1.165) is 41.9 Å². The fraction of sp³-hybridized carbons (Fsp3) is 0.235. The lowest BCUT2D eigenvalue weighted by Crippen LogP contribution is -2.24. The van der Waals surface area contributed by atoms with Crippen LogP contribution >= 0.6 is 0 Å². The molecule has 0 aliphatic carbocycles. The average Bonchev–Trinajstić information content (AvgIpc) is 2.98. The maximum atomic E-state index is 5.95. The Hall–Kier alpha value is -2.33. The number of fused-ring (bicyclic) bond motifs is 2. The minimum Gasteiger partial charge on any atom is -0.494 e. The summed E-state index contributed by atoms with van der Waals surface area (Å²) >= 11 is 0. The SMILES string of the molecule is COc1cccc2oc(-c3cccc4c3CCNC4)nc12. The van der Waals surface area contributed by atoms with Crippen LogP contribution in [-0.4, -0.2) is 18.6 Å². The van der Waals surface area contributed by atoms with Gasteiger partial charge in [-0.1, -0.05) is 18.2 Å². The molecular formula is C17H16N2O2. The van der Waals surface area contributed by atoms with Gasteiger partial charge in [-0.3, -0.25) is 0 Å². The van der Waals surface area contributed by atoms with E-state index in [2.05, 4.69) is 28.5 Å². The van der Waals surface area contributed by atoms with Crippen LogP contribution in [0.3, 0.4) is 0 Å². The quantitative estimate of drug-likeness (QED) is 0.783. The number of ether oxygens (including phenoxy) is 1. The Bertz CT molecular complexity index is 808. The number of oxazole rings is 1. The van der Waals surface area contributed by atoms with Gasteiger partial charge in [-0.05, 0) is 42.3 Å². The van der Waals surface area contributed by atoms with Crippen LogP contribution in [0.2, 0.25) is 0 Å². The van der Waals surface area contributed by atoms with Crippen molar-refractivity contribution in [3.05, 3.63) is 47.5 Å². The molecule has 1 aromatic heterocycles. The average molecular weight is 280 g/mol. The van der Waals surface area contributed by atoms with Crippen molar-refractivity contribution in [1.82, 2.24) is 10.3 Å². The minimum absolute atomic E-state index is 0.674. The maximum Gasteiger partial charge on any atom is 0.227 e. The Labute approximate surface area is 122 Å². The second-order valence-corrected chi connectivity index (χ2v) is 5.20. The van der Waals surface area contributed by atoms with Gasteiger partial charge in [0.2, 0.25) is 5.89 Å². The molecule has 4 rings (SSSR count). The van der Waals surface area contributed by atoms with Gasteiger partial charge in [0.1, 0.15) is 5.75 Å². The topological polar surface area (TPSA) is 47.3 Å². The third-order valence-electron chi connectivity index (χ3n) is 3.97. The van der Waals surface area contributed by atoms with E-state index < -0.39 is 0 Å². The molecule has 0 atom stereocenters. The van der Waals surface area contributed by atoms with Gasteiger partial charge in [-0.15, -0.1) is 0 Å². The van der Waals surface area contributed by atoms with Gasteiger partial charge in [-0.2, -0.15) is 0 Å². The number of hydrogen-bond acceptors (Lipinski definition) is 4. The minimum atomic E-state index is 0.674. The Kier molecular flexibility index (Phi) is 2.89. The van der Waals surface area contributed by atoms with Crippen molar-refractivity contribution in [2.75, 3.05) is 13.7 Å². The van der Waals surface area contributed by atoms with Crippen LogP contribution in [0.15, 0.2) is 40.8 Å². The lowest BCUT2D eigenvalue weighted by Gasteiger charge is -2.18. The van der Waals surface area contributed by atoms with Crippen LogP contribution in [0.4, 0.5) is 0 Å². The summed E-state index contributed by atoms with van der Waals surface area (Å²) < 4.78 is 11.3. The van der Waals surface area contributed by atoms with Crippen LogP contribution in [-0.2, 0) is 13.0 Å². The molecule has 2 aromatic carbocycles. The molecule has 0 bridgehead atoms. The van der Waals surface area contributed by atoms with E-state index in [1.807, 2.05) is 18.2 Å². The smallest absolute Gasteiger partial charge is 0.227 e. The highest BCUT2D eigenvalue weighted by Gasteiger charge is 2.18. The van der Waals surface area contributed by atoms with Gasteiger partial charge in [0, 0.05) is 12.1 Å². The molecule has 1 aliphatic rings. The molecule has 21 heavy (non-hydrogen) atoms. The molecule has 0 fully saturated rings. The second kappa shape index (κ2) is 4.90. The number of nitrogens with zero attached hydrogens (tertiary/aromatic N) is 1. The van der Waals surface area contributed by atoms with Gasteiger partial charge < -0.3 is 14.5 Å². The summed E-state index contributed by atoms with van der Waals surface area (Å²) in [5, 5.41) is 3.39. The highest BCUT2D eigenvalue weighted by atomic mass is 16.5. The standard InChI is InChI=1S/C17H16N2O2/c1-20-14-6-3-7-15-16(14)19-17(21-15)13-5-2-4-11-10-18-9-8-12(11)13/h2-7,18H,8-10H2,1H3. The van der Waals surface area contributed by atoms with Crippen molar-refractivity contribution in [1.29, 1.82) is 0 Å². The van der Waals surface area contributed by atoms with Gasteiger partial charge in [-0.25, -0.2) is 4.98 Å². The normalized spacial score (nSPS) is 14.1. The number of aromatic nitrogens is 1. The molecule has 0 saturated carbocycles. The molecule has 0 amide bonds. The lowest BCUT2D eigenvalue weighted by molar-refractivity contribution is 0.419. The number of rotatable bonds is 2. The van der Waals surface area contributed by atoms with Crippen molar-refractivity contribution in [2.45, 2.75) is 13.0 Å². The molecule has 0 unspecified atom stereocenters. The van der Waals surface area contributed by atoms with Gasteiger partial charge in [0.15, 0.2) is 11.1 Å². The Balaban J connectivity index is 1.91. The van der Waals surface area contributed by atoms with Crippen LogP contribution < -0.4 is 10.1 Å². The summed E-state index contributed by atoms with van der Waals surface area (Å²) in [6.07, 6.45) is 1.00. The van der Waals surface area contributed by atoms with Crippen molar-refractivity contribution in [3.63, 3.8) is 0 Å². The molecule has 0 radical (unpaired) electrons. The Morgan fingerprint density at radius 3 is 3.00 bits per heavy atom. The summed E-state index contributed by atoms with van der Waals surface area (Å²) in [6.45, 7) is 1.90. The highest BCUT2D eigenvalue weighted by molar-refractivity contribution is 5.82. The molecular weight excluding hydrogens is 264 g/mol. The number of hydrogen-bond donors (Lipinski definition) is 1. The predicted molar refractivity (Wildman–Crippen MR) is 81.4 cm³/mol. The van der Waals surface area contributed by atoms with E-state index in [4.69, 9.17) is 9.15 Å². The molecule has 4 nitrogen and oxygen atoms in total. The van der Waals surface area contributed by atoms with E-state index in [1.54, 1.807) is 7.11 Å². The summed E-state index contributed by atoms with van der Waals surface area (Å²) in [4.78, 5) is 4.65. The highest BCUT2D eigenvalue weighted by Crippen LogP contribution is 2.33. The van der Waals surface area contributed by atoms with Gasteiger partial charge in [0.25, 0.3) is 0 Å². The fourth-order valence-corrected chi connectivity index (χ4v) is 2.94. The van der Waals surface area contributed by atoms with Crippen LogP contribution in [0.5, 0.6) is 5.75 Å². The summed E-state index contributed by atoms with van der Waals surface area (Å²) in [5.41, 5.74) is 5.29. The lowest BCUT2D eigenvalue weighted by atomic mass is 9.95. The molecule has 1 N–H and O–H groups in total. The molecule has 4 heteroatoms. The summed E-state index contributed by atoms with van der Waals surface area (Å²) in [7, 11) is 1.65. The molecule has 3 aromatic rings. The molecule has 106 valence electrons. The Morgan fingerprint density at radius 1 is 1.19 bits per heavy atom. The largest absolute Gasteiger partial charge is 0.494 e. The summed E-state index contributed by atoms with van der Waals surface area (Å²) in [6, 6.07) is 12.0. The first-order valence-corrected chi connectivity index (χ1v) is 7.12. The molecule has 0 saturated heterocycles. The van der Waals surface area contributed by atoms with Crippen molar-refractivity contribution in [3.8, 4) is 17.2 Å². The van der Waals surface area contributed by atoms with E-state index >= 15 is 0 Å². The van der Waals surface area contributed by atoms with E-state index in [0.29, 0.717) is 5.89 Å². The monoisotopic (exact) mass is 280 g/mol. The first-order valence-electron chi connectivity index (χ1n) is 7.12. The maximum absolute atomic E-state index is 5.95. The molecule has 0 spiro atoms. The van der Waals surface area contributed by atoms with Crippen molar-refractivity contribution in [2.24, 2.45) is 0 Å². The van der Waals surface area contributed by atoms with Gasteiger partial charge >= 0.3 is 0 Å². The van der Waals surface area contributed by atoms with E-state index in [9.17, 15) is 0 Å². The second-order valence-electron chi connectivity index (χ2n) is 5.20. The third kappa shape index (κ3) is 1.99. The molecule has 1 aliphatic heterocycles. The zero-order valence-corrected chi connectivity index (χ0v) is 11.8. The van der Waals surface area contributed by atoms with E-state index in [-0.39, 0.29) is 0 Å². The number of methoxy groups -OCH3 is 1. The zero-order chi connectivity index (χ0) is 14.2. The van der Waals surface area contributed by atoms with Gasteiger partial charge in [0.05, 0.1) is 7.11 Å². The number of nitrogens with one attached hydrogen (secondary N) is 1. The number of benzene rings is 2. The predicted octanol–water partition coefficient (Wildman–Crippen LogP) is 3.15. The van der Waals surface area contributed by atoms with Crippen LogP contribution in [0.25, 0.3) is 22.6 Å². The van der Waals surface area contributed by atoms with Crippen LogP contribution in [0, 0.1) is 0 Å². The Morgan fingerprint density at radius 2 is 2.10 bits per heavy atom. The fourth-order valence-electron chi connectivity index (χ4n) is 2.94. The van der Waals surface area contributed by atoms with E-state index in [1.165, 1.54) is 11.1 Å². The summed E-state index contributed by atoms with van der Waals surface area (Å²) in [5.74, 6) is 1.42. The van der Waals surface area contributed by atoms with Crippen molar-refractivity contribution < 1.29 is 9.15 Å². The van der Waals surface area contributed by atoms with Crippen molar-refractivity contribution >= 4 is 11.1 Å². The third-order valence-corrected chi connectivity index (χ3v) is 3.97. The van der Waals surface area contributed by atoms with Crippen LogP contribution in [0.1, 0.15) is 11.1 Å². The number of para-hydroxylation sites is 1. The first kappa shape index (κ1) is 12.4.